The molecule has 0 saturated heterocycles. The molecule has 1 aliphatic carbocycles. The number of hydrogen-bond donors (Lipinski definition) is 2. The fourth-order valence-corrected chi connectivity index (χ4v) is 3.37. The van der Waals surface area contributed by atoms with Crippen molar-refractivity contribution < 1.29 is 9.84 Å². The van der Waals surface area contributed by atoms with E-state index in [0.717, 1.165) is 26.1 Å². The van der Waals surface area contributed by atoms with E-state index < -0.39 is 0 Å². The Kier molecular flexibility index (Phi) is 7.96. The fourth-order valence-electron chi connectivity index (χ4n) is 3.37. The van der Waals surface area contributed by atoms with Crippen LogP contribution in [0.2, 0.25) is 0 Å². The topological polar surface area (TPSA) is 41.5 Å². The standard InChI is InChI=1S/C16H33NO2/c1-4-5-6-11-19-12-9-15-8-7-10-16(15,13-18)17-14(2)3/h14-15,17-18H,4-13H2,1-3H3. The number of rotatable bonds is 10. The van der Waals surface area contributed by atoms with E-state index in [-0.39, 0.29) is 12.1 Å². The molecule has 3 heteroatoms. The minimum absolute atomic E-state index is 0.0546. The van der Waals surface area contributed by atoms with Gasteiger partial charge in [-0.05, 0) is 31.6 Å². The van der Waals surface area contributed by atoms with Crippen LogP contribution < -0.4 is 5.32 Å². The van der Waals surface area contributed by atoms with E-state index in [1.54, 1.807) is 0 Å². The molecule has 0 spiro atoms. The van der Waals surface area contributed by atoms with Crippen LogP contribution in [0.4, 0.5) is 0 Å². The zero-order chi connectivity index (χ0) is 14.1. The van der Waals surface area contributed by atoms with Gasteiger partial charge in [0, 0.05) is 24.8 Å². The Labute approximate surface area is 119 Å². The van der Waals surface area contributed by atoms with Crippen LogP contribution in [-0.2, 0) is 4.74 Å². The summed E-state index contributed by atoms with van der Waals surface area (Å²) in [6, 6.07) is 0.429. The quantitative estimate of drug-likeness (QED) is 0.600. The molecule has 1 aliphatic rings. The Morgan fingerprint density at radius 1 is 1.32 bits per heavy atom. The van der Waals surface area contributed by atoms with Crippen LogP contribution in [0.1, 0.15) is 65.7 Å². The summed E-state index contributed by atoms with van der Waals surface area (Å²) < 4.78 is 5.73. The Morgan fingerprint density at radius 3 is 2.74 bits per heavy atom. The molecule has 0 bridgehead atoms. The normalized spacial score (nSPS) is 27.3. The highest BCUT2D eigenvalue weighted by Crippen LogP contribution is 2.38. The van der Waals surface area contributed by atoms with Crippen molar-refractivity contribution in [2.45, 2.75) is 77.3 Å². The molecule has 3 nitrogen and oxygen atoms in total. The Hall–Kier alpha value is -0.120. The van der Waals surface area contributed by atoms with Crippen LogP contribution in [0.5, 0.6) is 0 Å². The highest BCUT2D eigenvalue weighted by atomic mass is 16.5. The summed E-state index contributed by atoms with van der Waals surface area (Å²) in [6.45, 7) is 8.53. The van der Waals surface area contributed by atoms with Crippen molar-refractivity contribution in [2.24, 2.45) is 5.92 Å². The first-order chi connectivity index (χ1) is 9.14. The van der Waals surface area contributed by atoms with E-state index in [2.05, 4.69) is 26.1 Å². The van der Waals surface area contributed by atoms with Gasteiger partial charge in [0.05, 0.1) is 6.61 Å². The van der Waals surface area contributed by atoms with Crippen LogP contribution in [-0.4, -0.2) is 36.5 Å². The predicted molar refractivity (Wildman–Crippen MR) is 80.4 cm³/mol. The average molecular weight is 271 g/mol. The van der Waals surface area contributed by atoms with Crippen molar-refractivity contribution in [1.29, 1.82) is 0 Å². The second-order valence-electron chi connectivity index (χ2n) is 6.31. The molecule has 0 aromatic rings. The van der Waals surface area contributed by atoms with Gasteiger partial charge in [-0.25, -0.2) is 0 Å². The first kappa shape index (κ1) is 16.9. The molecule has 2 unspecified atom stereocenters. The minimum atomic E-state index is -0.0546. The number of ether oxygens (including phenoxy) is 1. The number of unbranched alkanes of at least 4 members (excludes halogenated alkanes) is 2. The molecule has 1 fully saturated rings. The smallest absolute Gasteiger partial charge is 0.0616 e. The molecule has 0 radical (unpaired) electrons. The van der Waals surface area contributed by atoms with Gasteiger partial charge >= 0.3 is 0 Å². The number of aliphatic hydroxyl groups is 1. The second-order valence-corrected chi connectivity index (χ2v) is 6.31. The van der Waals surface area contributed by atoms with E-state index in [0.29, 0.717) is 12.0 Å². The number of aliphatic hydroxyl groups excluding tert-OH is 1. The third-order valence-electron chi connectivity index (χ3n) is 4.32. The minimum Gasteiger partial charge on any atom is -0.394 e. The maximum absolute atomic E-state index is 9.81. The van der Waals surface area contributed by atoms with Crippen molar-refractivity contribution in [3.63, 3.8) is 0 Å². The maximum atomic E-state index is 9.81. The molecule has 2 N–H and O–H groups in total. The van der Waals surface area contributed by atoms with Gasteiger partial charge in [0.1, 0.15) is 0 Å². The molecule has 19 heavy (non-hydrogen) atoms. The summed E-state index contributed by atoms with van der Waals surface area (Å²) in [5, 5.41) is 13.4. The fraction of sp³-hybridized carbons (Fsp3) is 1.00. The van der Waals surface area contributed by atoms with Gasteiger partial charge in [0.2, 0.25) is 0 Å². The lowest BCUT2D eigenvalue weighted by molar-refractivity contribution is 0.0733. The first-order valence-corrected chi connectivity index (χ1v) is 8.11. The number of nitrogens with one attached hydrogen (secondary N) is 1. The molecule has 0 aromatic carbocycles. The van der Waals surface area contributed by atoms with Crippen molar-refractivity contribution in [3.05, 3.63) is 0 Å². The van der Waals surface area contributed by atoms with E-state index in [1.807, 2.05) is 0 Å². The average Bonchev–Trinajstić information content (AvgIpc) is 2.76. The molecular formula is C16H33NO2. The molecule has 1 rings (SSSR count). The molecule has 0 aliphatic heterocycles. The monoisotopic (exact) mass is 271 g/mol. The SMILES string of the molecule is CCCCCOCCC1CCCC1(CO)NC(C)C. The summed E-state index contributed by atoms with van der Waals surface area (Å²) in [5.74, 6) is 0.561. The molecular weight excluding hydrogens is 238 g/mol. The summed E-state index contributed by atoms with van der Waals surface area (Å²) in [6.07, 6.45) is 8.31. The molecule has 0 amide bonds. The Morgan fingerprint density at radius 2 is 2.11 bits per heavy atom. The van der Waals surface area contributed by atoms with Crippen molar-refractivity contribution in [3.8, 4) is 0 Å². The van der Waals surface area contributed by atoms with E-state index in [4.69, 9.17) is 4.74 Å². The van der Waals surface area contributed by atoms with E-state index in [9.17, 15) is 5.11 Å². The van der Waals surface area contributed by atoms with Crippen LogP contribution in [0.3, 0.4) is 0 Å². The van der Waals surface area contributed by atoms with Gasteiger partial charge < -0.3 is 15.2 Å². The van der Waals surface area contributed by atoms with Crippen molar-refractivity contribution in [1.82, 2.24) is 5.32 Å². The Balaban J connectivity index is 2.30. The largest absolute Gasteiger partial charge is 0.394 e. The summed E-state index contributed by atoms with van der Waals surface area (Å²) in [7, 11) is 0. The lowest BCUT2D eigenvalue weighted by Gasteiger charge is -2.37. The lowest BCUT2D eigenvalue weighted by atomic mass is 9.85. The first-order valence-electron chi connectivity index (χ1n) is 8.11. The lowest BCUT2D eigenvalue weighted by Crippen LogP contribution is -2.54. The third kappa shape index (κ3) is 5.41. The van der Waals surface area contributed by atoms with E-state index >= 15 is 0 Å². The predicted octanol–water partition coefficient (Wildman–Crippen LogP) is 3.11. The highest BCUT2D eigenvalue weighted by molar-refractivity contribution is 4.99. The van der Waals surface area contributed by atoms with Gasteiger partial charge in [0.15, 0.2) is 0 Å². The number of hydrogen-bond acceptors (Lipinski definition) is 3. The van der Waals surface area contributed by atoms with Gasteiger partial charge in [-0.2, -0.15) is 0 Å². The van der Waals surface area contributed by atoms with Crippen molar-refractivity contribution in [2.75, 3.05) is 19.8 Å². The zero-order valence-corrected chi connectivity index (χ0v) is 13.1. The van der Waals surface area contributed by atoms with Crippen LogP contribution in [0, 0.1) is 5.92 Å². The summed E-state index contributed by atoms with van der Waals surface area (Å²) >= 11 is 0. The highest BCUT2D eigenvalue weighted by Gasteiger charge is 2.42. The van der Waals surface area contributed by atoms with Gasteiger partial charge in [-0.1, -0.05) is 40.0 Å². The van der Waals surface area contributed by atoms with E-state index in [1.165, 1.54) is 32.1 Å². The maximum Gasteiger partial charge on any atom is 0.0616 e. The molecule has 2 atom stereocenters. The van der Waals surface area contributed by atoms with Crippen LogP contribution >= 0.6 is 0 Å². The summed E-state index contributed by atoms with van der Waals surface area (Å²) in [4.78, 5) is 0. The van der Waals surface area contributed by atoms with Crippen LogP contribution in [0.25, 0.3) is 0 Å². The van der Waals surface area contributed by atoms with Gasteiger partial charge in [-0.15, -0.1) is 0 Å². The van der Waals surface area contributed by atoms with Gasteiger partial charge in [-0.3, -0.25) is 0 Å². The zero-order valence-electron chi connectivity index (χ0n) is 13.1. The van der Waals surface area contributed by atoms with Crippen molar-refractivity contribution >= 4 is 0 Å². The molecule has 1 saturated carbocycles. The second kappa shape index (κ2) is 8.93. The van der Waals surface area contributed by atoms with Crippen LogP contribution in [0.15, 0.2) is 0 Å². The molecule has 114 valence electrons. The summed E-state index contributed by atoms with van der Waals surface area (Å²) in [5.41, 5.74) is -0.0546. The van der Waals surface area contributed by atoms with Gasteiger partial charge in [0.25, 0.3) is 0 Å². The Bertz CT molecular complexity index is 233. The molecule has 0 heterocycles. The molecule has 0 aromatic heterocycles. The third-order valence-corrected chi connectivity index (χ3v) is 4.32.